The average Bonchev–Trinajstić information content (AvgIpc) is 2.95. The maximum atomic E-state index is 5.64. The SMILES string of the molecule is Cc1cnc(C(C)N2CCN3CCCC3C2)o1. The van der Waals surface area contributed by atoms with E-state index in [1.54, 1.807) is 0 Å². The molecule has 4 nitrogen and oxygen atoms in total. The first kappa shape index (κ1) is 11.2. The molecule has 0 aliphatic carbocycles. The minimum atomic E-state index is 0.312. The van der Waals surface area contributed by atoms with Crippen LogP contribution in [0, 0.1) is 6.92 Å². The lowest BCUT2D eigenvalue weighted by Crippen LogP contribution is -2.50. The highest BCUT2D eigenvalue weighted by Gasteiger charge is 2.33. The summed E-state index contributed by atoms with van der Waals surface area (Å²) in [5.74, 6) is 1.78. The predicted octanol–water partition coefficient (Wildman–Crippen LogP) is 1.82. The Bertz CT molecular complexity index is 390. The van der Waals surface area contributed by atoms with Gasteiger partial charge in [0.05, 0.1) is 12.2 Å². The molecule has 17 heavy (non-hydrogen) atoms. The standard InChI is InChI=1S/C13H21N3O/c1-10-8-14-13(17-10)11(2)16-7-6-15-5-3-4-12(15)9-16/h8,11-12H,3-7,9H2,1-2H3. The molecule has 2 aliphatic rings. The van der Waals surface area contributed by atoms with Gasteiger partial charge >= 0.3 is 0 Å². The van der Waals surface area contributed by atoms with Crippen molar-refractivity contribution in [1.82, 2.24) is 14.8 Å². The second-order valence-electron chi connectivity index (χ2n) is 5.31. The lowest BCUT2D eigenvalue weighted by Gasteiger charge is -2.39. The molecule has 3 heterocycles. The first-order valence-electron chi connectivity index (χ1n) is 6.64. The summed E-state index contributed by atoms with van der Waals surface area (Å²) in [6.45, 7) is 8.97. The van der Waals surface area contributed by atoms with Crippen molar-refractivity contribution >= 4 is 0 Å². The highest BCUT2D eigenvalue weighted by molar-refractivity contribution is 4.98. The Labute approximate surface area is 103 Å². The molecule has 2 atom stereocenters. The molecule has 94 valence electrons. The quantitative estimate of drug-likeness (QED) is 0.783. The number of aromatic nitrogens is 1. The number of aryl methyl sites for hydroxylation is 1. The number of fused-ring (bicyclic) bond motifs is 1. The fourth-order valence-corrected chi connectivity index (χ4v) is 3.09. The van der Waals surface area contributed by atoms with E-state index in [9.17, 15) is 0 Å². The van der Waals surface area contributed by atoms with Crippen molar-refractivity contribution in [3.8, 4) is 0 Å². The van der Waals surface area contributed by atoms with Crippen LogP contribution in [0.3, 0.4) is 0 Å². The van der Waals surface area contributed by atoms with E-state index in [4.69, 9.17) is 4.42 Å². The number of oxazole rings is 1. The maximum absolute atomic E-state index is 5.64. The van der Waals surface area contributed by atoms with Gasteiger partial charge < -0.3 is 4.42 Å². The van der Waals surface area contributed by atoms with Crippen molar-refractivity contribution in [3.05, 3.63) is 17.8 Å². The van der Waals surface area contributed by atoms with Crippen LogP contribution in [-0.2, 0) is 0 Å². The first-order valence-corrected chi connectivity index (χ1v) is 6.64. The van der Waals surface area contributed by atoms with E-state index < -0.39 is 0 Å². The molecular formula is C13H21N3O. The van der Waals surface area contributed by atoms with Crippen molar-refractivity contribution in [3.63, 3.8) is 0 Å². The summed E-state index contributed by atoms with van der Waals surface area (Å²) < 4.78 is 5.64. The van der Waals surface area contributed by atoms with Crippen LogP contribution < -0.4 is 0 Å². The van der Waals surface area contributed by atoms with Gasteiger partial charge in [-0.2, -0.15) is 0 Å². The van der Waals surface area contributed by atoms with E-state index in [0.717, 1.165) is 24.2 Å². The third-order valence-electron chi connectivity index (χ3n) is 4.16. The molecule has 0 N–H and O–H groups in total. The summed E-state index contributed by atoms with van der Waals surface area (Å²) in [6, 6.07) is 1.08. The number of hydrogen-bond donors (Lipinski definition) is 0. The van der Waals surface area contributed by atoms with Gasteiger partial charge in [0.25, 0.3) is 0 Å². The average molecular weight is 235 g/mol. The summed E-state index contributed by atoms with van der Waals surface area (Å²) in [5.41, 5.74) is 0. The van der Waals surface area contributed by atoms with E-state index in [-0.39, 0.29) is 0 Å². The van der Waals surface area contributed by atoms with E-state index in [2.05, 4.69) is 21.7 Å². The van der Waals surface area contributed by atoms with Crippen LogP contribution in [0.15, 0.2) is 10.6 Å². The third-order valence-corrected chi connectivity index (χ3v) is 4.16. The molecule has 2 saturated heterocycles. The Hall–Kier alpha value is -0.870. The van der Waals surface area contributed by atoms with Gasteiger partial charge in [-0.25, -0.2) is 4.98 Å². The monoisotopic (exact) mass is 235 g/mol. The van der Waals surface area contributed by atoms with Gasteiger partial charge in [-0.1, -0.05) is 0 Å². The molecule has 1 aromatic rings. The Kier molecular flexibility index (Phi) is 2.92. The van der Waals surface area contributed by atoms with Crippen molar-refractivity contribution < 1.29 is 4.42 Å². The molecule has 0 aromatic carbocycles. The Morgan fingerprint density at radius 2 is 2.29 bits per heavy atom. The summed E-state index contributed by atoms with van der Waals surface area (Å²) >= 11 is 0. The molecule has 3 rings (SSSR count). The zero-order valence-electron chi connectivity index (χ0n) is 10.7. The number of piperazine rings is 1. The molecule has 0 spiro atoms. The number of nitrogens with zero attached hydrogens (tertiary/aromatic N) is 3. The van der Waals surface area contributed by atoms with Gasteiger partial charge in [-0.3, -0.25) is 9.80 Å². The molecule has 2 aliphatic heterocycles. The van der Waals surface area contributed by atoms with Crippen molar-refractivity contribution in [2.24, 2.45) is 0 Å². The van der Waals surface area contributed by atoms with Crippen molar-refractivity contribution in [1.29, 1.82) is 0 Å². The van der Waals surface area contributed by atoms with Crippen molar-refractivity contribution in [2.75, 3.05) is 26.2 Å². The minimum absolute atomic E-state index is 0.312. The Morgan fingerprint density at radius 1 is 1.41 bits per heavy atom. The molecule has 4 heteroatoms. The number of hydrogen-bond acceptors (Lipinski definition) is 4. The number of rotatable bonds is 2. The van der Waals surface area contributed by atoms with Crippen LogP contribution >= 0.6 is 0 Å². The zero-order valence-corrected chi connectivity index (χ0v) is 10.7. The van der Waals surface area contributed by atoms with E-state index in [1.807, 2.05) is 13.1 Å². The van der Waals surface area contributed by atoms with Crippen LogP contribution in [0.2, 0.25) is 0 Å². The minimum Gasteiger partial charge on any atom is -0.444 e. The molecule has 0 radical (unpaired) electrons. The van der Waals surface area contributed by atoms with Crippen LogP contribution in [0.5, 0.6) is 0 Å². The zero-order chi connectivity index (χ0) is 11.8. The second kappa shape index (κ2) is 4.42. The maximum Gasteiger partial charge on any atom is 0.211 e. The van der Waals surface area contributed by atoms with Gasteiger partial charge in [-0.15, -0.1) is 0 Å². The largest absolute Gasteiger partial charge is 0.444 e. The predicted molar refractivity (Wildman–Crippen MR) is 65.8 cm³/mol. The highest BCUT2D eigenvalue weighted by Crippen LogP contribution is 2.27. The molecule has 2 unspecified atom stereocenters. The fourth-order valence-electron chi connectivity index (χ4n) is 3.09. The van der Waals surface area contributed by atoms with Gasteiger partial charge in [0.2, 0.25) is 5.89 Å². The van der Waals surface area contributed by atoms with Gasteiger partial charge in [0, 0.05) is 25.7 Å². The van der Waals surface area contributed by atoms with Gasteiger partial charge in [0.15, 0.2) is 0 Å². The van der Waals surface area contributed by atoms with E-state index in [1.165, 1.54) is 32.5 Å². The topological polar surface area (TPSA) is 32.5 Å². The third kappa shape index (κ3) is 2.11. The van der Waals surface area contributed by atoms with Gasteiger partial charge in [0.1, 0.15) is 5.76 Å². The van der Waals surface area contributed by atoms with Crippen LogP contribution in [-0.4, -0.2) is 47.0 Å². The van der Waals surface area contributed by atoms with Crippen LogP contribution in [0.4, 0.5) is 0 Å². The molecule has 0 bridgehead atoms. The summed E-state index contributed by atoms with van der Waals surface area (Å²) in [5, 5.41) is 0. The van der Waals surface area contributed by atoms with Crippen LogP contribution in [0.25, 0.3) is 0 Å². The summed E-state index contributed by atoms with van der Waals surface area (Å²) in [6.07, 6.45) is 4.54. The Morgan fingerprint density at radius 3 is 3.06 bits per heavy atom. The first-order chi connectivity index (χ1) is 8.24. The molecule has 0 saturated carbocycles. The summed E-state index contributed by atoms with van der Waals surface area (Å²) in [7, 11) is 0. The van der Waals surface area contributed by atoms with Gasteiger partial charge in [-0.05, 0) is 33.2 Å². The lowest BCUT2D eigenvalue weighted by molar-refractivity contribution is 0.0675. The van der Waals surface area contributed by atoms with E-state index >= 15 is 0 Å². The fraction of sp³-hybridized carbons (Fsp3) is 0.769. The summed E-state index contributed by atoms with van der Waals surface area (Å²) in [4.78, 5) is 9.50. The molecule has 1 aromatic heterocycles. The van der Waals surface area contributed by atoms with Crippen LogP contribution in [0.1, 0.15) is 37.5 Å². The Balaban J connectivity index is 1.68. The lowest BCUT2D eigenvalue weighted by atomic mass is 10.1. The molecule has 0 amide bonds. The second-order valence-corrected chi connectivity index (χ2v) is 5.31. The highest BCUT2D eigenvalue weighted by atomic mass is 16.4. The normalized spacial score (nSPS) is 28.2. The van der Waals surface area contributed by atoms with E-state index in [0.29, 0.717) is 6.04 Å². The molecule has 2 fully saturated rings. The molecular weight excluding hydrogens is 214 g/mol. The van der Waals surface area contributed by atoms with Crippen molar-refractivity contribution in [2.45, 2.75) is 38.8 Å². The smallest absolute Gasteiger partial charge is 0.211 e.